The summed E-state index contributed by atoms with van der Waals surface area (Å²) in [4.78, 5) is 23.7. The molecular weight excluding hydrogens is 356 g/mol. The van der Waals surface area contributed by atoms with Crippen molar-refractivity contribution in [2.75, 3.05) is 23.3 Å². The number of pyridine rings is 1. The van der Waals surface area contributed by atoms with Crippen molar-refractivity contribution in [1.82, 2.24) is 9.97 Å². The lowest BCUT2D eigenvalue weighted by Crippen LogP contribution is -2.30. The van der Waals surface area contributed by atoms with Gasteiger partial charge in [0.15, 0.2) is 0 Å². The molecule has 1 aromatic carbocycles. The number of aromatic nitrogens is 2. The van der Waals surface area contributed by atoms with Crippen LogP contribution in [0.25, 0.3) is 10.6 Å². The first kappa shape index (κ1) is 17.7. The Labute approximate surface area is 163 Å². The number of benzene rings is 1. The molecule has 3 heterocycles. The van der Waals surface area contributed by atoms with Gasteiger partial charge >= 0.3 is 0 Å². The predicted octanol–water partition coefficient (Wildman–Crippen LogP) is 4.38. The molecule has 0 spiro atoms. The van der Waals surface area contributed by atoms with Crippen molar-refractivity contribution in [1.29, 1.82) is 0 Å². The lowest BCUT2D eigenvalue weighted by atomic mass is 10.1. The van der Waals surface area contributed by atoms with E-state index in [2.05, 4.69) is 20.2 Å². The first-order chi connectivity index (χ1) is 13.3. The Morgan fingerprint density at radius 3 is 2.63 bits per heavy atom. The average molecular weight is 379 g/mol. The summed E-state index contributed by atoms with van der Waals surface area (Å²) in [7, 11) is 0. The lowest BCUT2D eigenvalue weighted by molar-refractivity contribution is -0.115. The maximum Gasteiger partial charge on any atom is 0.230 e. The van der Waals surface area contributed by atoms with Crippen LogP contribution in [0.5, 0.6) is 0 Å². The Balaban J connectivity index is 1.35. The second kappa shape index (κ2) is 8.31. The number of nitrogens with zero attached hydrogens (tertiary/aromatic N) is 3. The maximum absolute atomic E-state index is 12.3. The van der Waals surface area contributed by atoms with Gasteiger partial charge in [-0.3, -0.25) is 4.79 Å². The average Bonchev–Trinajstić information content (AvgIpc) is 3.18. The Morgan fingerprint density at radius 2 is 1.89 bits per heavy atom. The summed E-state index contributed by atoms with van der Waals surface area (Å²) in [5.41, 5.74) is 2.58. The summed E-state index contributed by atoms with van der Waals surface area (Å²) in [6.07, 6.45) is 5.74. The van der Waals surface area contributed by atoms with Crippen LogP contribution in [0.4, 0.5) is 11.5 Å². The van der Waals surface area contributed by atoms with Crippen molar-refractivity contribution in [3.05, 3.63) is 59.7 Å². The Kier molecular flexibility index (Phi) is 5.44. The van der Waals surface area contributed by atoms with Crippen molar-refractivity contribution in [3.8, 4) is 10.6 Å². The highest BCUT2D eigenvalue weighted by atomic mass is 32.1. The third kappa shape index (κ3) is 4.52. The molecule has 3 aromatic rings. The number of carbonyl (C=O) groups is 1. The molecule has 5 nitrogen and oxygen atoms in total. The van der Waals surface area contributed by atoms with E-state index in [1.165, 1.54) is 19.3 Å². The van der Waals surface area contributed by atoms with E-state index in [9.17, 15) is 4.79 Å². The van der Waals surface area contributed by atoms with Crippen molar-refractivity contribution in [3.63, 3.8) is 0 Å². The smallest absolute Gasteiger partial charge is 0.230 e. The third-order valence-electron chi connectivity index (χ3n) is 4.63. The van der Waals surface area contributed by atoms with E-state index in [0.717, 1.165) is 40.9 Å². The highest BCUT2D eigenvalue weighted by Gasteiger charge is 2.13. The highest BCUT2D eigenvalue weighted by Crippen LogP contribution is 2.24. The van der Waals surface area contributed by atoms with E-state index >= 15 is 0 Å². The summed E-state index contributed by atoms with van der Waals surface area (Å²) in [5, 5.41) is 5.79. The molecule has 0 saturated carbocycles. The van der Waals surface area contributed by atoms with Crippen LogP contribution in [0.15, 0.2) is 54.0 Å². The number of amides is 1. The Bertz CT molecular complexity index is 886. The van der Waals surface area contributed by atoms with Gasteiger partial charge in [-0.2, -0.15) is 0 Å². The third-order valence-corrected chi connectivity index (χ3v) is 5.57. The lowest BCUT2D eigenvalue weighted by Gasteiger charge is -2.27. The van der Waals surface area contributed by atoms with Crippen LogP contribution in [-0.4, -0.2) is 29.0 Å². The fourth-order valence-electron chi connectivity index (χ4n) is 3.24. The van der Waals surface area contributed by atoms with Gasteiger partial charge in [0.25, 0.3) is 0 Å². The van der Waals surface area contributed by atoms with Crippen molar-refractivity contribution >= 4 is 28.7 Å². The molecule has 6 heteroatoms. The molecule has 2 aromatic heterocycles. The largest absolute Gasteiger partial charge is 0.357 e. The van der Waals surface area contributed by atoms with Crippen LogP contribution in [0, 0.1) is 0 Å². The SMILES string of the molecule is O=C(Cc1csc(-c2ccccc2)n1)Nc1ccc(N2CCCCC2)nc1. The van der Waals surface area contributed by atoms with E-state index in [0.29, 0.717) is 0 Å². The molecular formula is C21H22N4OS. The second-order valence-electron chi connectivity index (χ2n) is 6.69. The second-order valence-corrected chi connectivity index (χ2v) is 7.55. The molecule has 138 valence electrons. The summed E-state index contributed by atoms with van der Waals surface area (Å²) >= 11 is 1.56. The summed E-state index contributed by atoms with van der Waals surface area (Å²) in [6, 6.07) is 13.9. The minimum atomic E-state index is -0.0764. The first-order valence-corrected chi connectivity index (χ1v) is 10.2. The molecule has 1 aliphatic heterocycles. The summed E-state index contributed by atoms with van der Waals surface area (Å²) in [6.45, 7) is 2.12. The van der Waals surface area contributed by atoms with Crippen LogP contribution < -0.4 is 10.2 Å². The zero-order valence-electron chi connectivity index (χ0n) is 15.1. The van der Waals surface area contributed by atoms with Crippen molar-refractivity contribution in [2.24, 2.45) is 0 Å². The molecule has 0 bridgehead atoms. The number of piperidine rings is 1. The number of thiazole rings is 1. The van der Waals surface area contributed by atoms with Crippen LogP contribution in [0.1, 0.15) is 25.0 Å². The Morgan fingerprint density at radius 1 is 1.07 bits per heavy atom. The molecule has 0 unspecified atom stereocenters. The molecule has 1 fully saturated rings. The summed E-state index contributed by atoms with van der Waals surface area (Å²) < 4.78 is 0. The molecule has 0 atom stereocenters. The van der Waals surface area contributed by atoms with Gasteiger partial charge in [-0.1, -0.05) is 30.3 Å². The molecule has 4 rings (SSSR count). The number of hydrogen-bond donors (Lipinski definition) is 1. The molecule has 0 radical (unpaired) electrons. The van der Waals surface area contributed by atoms with Crippen LogP contribution in [-0.2, 0) is 11.2 Å². The van der Waals surface area contributed by atoms with Gasteiger partial charge in [-0.25, -0.2) is 9.97 Å². The monoisotopic (exact) mass is 378 g/mol. The van der Waals surface area contributed by atoms with E-state index in [4.69, 9.17) is 0 Å². The van der Waals surface area contributed by atoms with Crippen molar-refractivity contribution in [2.45, 2.75) is 25.7 Å². The van der Waals surface area contributed by atoms with E-state index in [-0.39, 0.29) is 12.3 Å². The predicted molar refractivity (Wildman–Crippen MR) is 110 cm³/mol. The molecule has 1 amide bonds. The number of anilines is 2. The minimum Gasteiger partial charge on any atom is -0.357 e. The van der Waals surface area contributed by atoms with Gasteiger partial charge in [-0.05, 0) is 31.4 Å². The van der Waals surface area contributed by atoms with Gasteiger partial charge < -0.3 is 10.2 Å². The standard InChI is InChI=1S/C21H22N4OS/c26-20(13-18-15-27-21(24-18)16-7-3-1-4-8-16)23-17-9-10-19(22-14-17)25-11-5-2-6-12-25/h1,3-4,7-10,14-15H,2,5-6,11-13H2,(H,23,26). The van der Waals surface area contributed by atoms with Crippen LogP contribution in [0.3, 0.4) is 0 Å². The van der Waals surface area contributed by atoms with Crippen LogP contribution >= 0.6 is 11.3 Å². The molecule has 1 aliphatic rings. The number of hydrogen-bond acceptors (Lipinski definition) is 5. The topological polar surface area (TPSA) is 58.1 Å². The van der Waals surface area contributed by atoms with Crippen molar-refractivity contribution < 1.29 is 4.79 Å². The molecule has 27 heavy (non-hydrogen) atoms. The van der Waals surface area contributed by atoms with E-state index in [1.807, 2.05) is 47.8 Å². The fourth-order valence-corrected chi connectivity index (χ4v) is 4.07. The molecule has 0 aliphatic carbocycles. The normalized spacial score (nSPS) is 14.1. The highest BCUT2D eigenvalue weighted by molar-refractivity contribution is 7.13. The van der Waals surface area contributed by atoms with Gasteiger partial charge in [0.2, 0.25) is 5.91 Å². The number of nitrogens with one attached hydrogen (secondary N) is 1. The van der Waals surface area contributed by atoms with Gasteiger partial charge in [0.1, 0.15) is 10.8 Å². The Hall–Kier alpha value is -2.73. The zero-order valence-corrected chi connectivity index (χ0v) is 15.9. The van der Waals surface area contributed by atoms with Gasteiger partial charge in [0, 0.05) is 24.0 Å². The first-order valence-electron chi connectivity index (χ1n) is 9.28. The van der Waals surface area contributed by atoms with E-state index in [1.54, 1.807) is 17.5 Å². The number of carbonyl (C=O) groups excluding carboxylic acids is 1. The van der Waals surface area contributed by atoms with Crippen LogP contribution in [0.2, 0.25) is 0 Å². The van der Waals surface area contributed by atoms with Gasteiger partial charge in [-0.15, -0.1) is 11.3 Å². The minimum absolute atomic E-state index is 0.0764. The summed E-state index contributed by atoms with van der Waals surface area (Å²) in [5.74, 6) is 0.909. The maximum atomic E-state index is 12.3. The number of rotatable bonds is 5. The molecule has 1 N–H and O–H groups in total. The van der Waals surface area contributed by atoms with E-state index < -0.39 is 0 Å². The quantitative estimate of drug-likeness (QED) is 0.716. The zero-order chi connectivity index (χ0) is 18.5. The van der Waals surface area contributed by atoms with Gasteiger partial charge in [0.05, 0.1) is 24.0 Å². The molecule has 1 saturated heterocycles. The fraction of sp³-hybridized carbons (Fsp3) is 0.286.